The number of rotatable bonds is 4. The number of benzene rings is 2. The van der Waals surface area contributed by atoms with E-state index in [9.17, 15) is 4.79 Å². The smallest absolute Gasteiger partial charge is 0.321 e. The summed E-state index contributed by atoms with van der Waals surface area (Å²) in [6, 6.07) is 16.9. The predicted octanol–water partition coefficient (Wildman–Crippen LogP) is 6.06. The van der Waals surface area contributed by atoms with E-state index in [4.69, 9.17) is 23.2 Å². The molecule has 8 nitrogen and oxygen atoms in total. The number of hydrogen-bond donors (Lipinski definition) is 1. The minimum Gasteiger partial charge on any atom is -0.337 e. The lowest BCUT2D eigenvalue weighted by atomic mass is 9.92. The summed E-state index contributed by atoms with van der Waals surface area (Å²) in [6.45, 7) is 9.67. The number of hydrogen-bond acceptors (Lipinski definition) is 4. The Morgan fingerprint density at radius 3 is 2.65 bits per heavy atom. The first-order valence-electron chi connectivity index (χ1n) is 13.2. The van der Waals surface area contributed by atoms with Crippen LogP contribution in [0.15, 0.2) is 73.3 Å². The summed E-state index contributed by atoms with van der Waals surface area (Å²) in [7, 11) is 2.01. The van der Waals surface area contributed by atoms with Crippen molar-refractivity contribution in [3.8, 4) is 0 Å². The lowest BCUT2D eigenvalue weighted by Crippen LogP contribution is -2.51. The van der Waals surface area contributed by atoms with Gasteiger partial charge in [-0.3, -0.25) is 9.88 Å². The SMILES string of the molecule is [C-]#[N+]c1ccc(NC(=O)N2CCN([C@H]3c4ccc(Cl)cc4C(Cc4cncn4C)=Cc4cccnc43)CC2)cc1. The molecule has 1 N–H and O–H groups in total. The van der Waals surface area contributed by atoms with Crippen molar-refractivity contribution in [3.63, 3.8) is 0 Å². The van der Waals surface area contributed by atoms with Crippen molar-refractivity contribution in [3.05, 3.63) is 118 Å². The van der Waals surface area contributed by atoms with Gasteiger partial charge in [-0.25, -0.2) is 14.6 Å². The van der Waals surface area contributed by atoms with E-state index in [-0.39, 0.29) is 12.1 Å². The summed E-state index contributed by atoms with van der Waals surface area (Å²) < 4.78 is 2.04. The fourth-order valence-corrected chi connectivity index (χ4v) is 5.68. The van der Waals surface area contributed by atoms with Crippen molar-refractivity contribution in [1.82, 2.24) is 24.3 Å². The van der Waals surface area contributed by atoms with Gasteiger partial charge in [-0.2, -0.15) is 0 Å². The number of nitrogens with zero attached hydrogens (tertiary/aromatic N) is 6. The van der Waals surface area contributed by atoms with Gasteiger partial charge in [0.2, 0.25) is 0 Å². The Labute approximate surface area is 238 Å². The van der Waals surface area contributed by atoms with E-state index in [1.54, 1.807) is 24.3 Å². The van der Waals surface area contributed by atoms with Crippen molar-refractivity contribution in [2.45, 2.75) is 12.5 Å². The Balaban J connectivity index is 1.27. The van der Waals surface area contributed by atoms with Crippen LogP contribution in [0.2, 0.25) is 5.02 Å². The number of allylic oxidation sites excluding steroid dienone is 1. The first kappa shape index (κ1) is 25.8. The molecule has 4 aromatic rings. The summed E-state index contributed by atoms with van der Waals surface area (Å²) in [5.41, 5.74) is 7.87. The van der Waals surface area contributed by atoms with E-state index in [0.29, 0.717) is 42.6 Å². The molecule has 0 bridgehead atoms. The predicted molar refractivity (Wildman–Crippen MR) is 157 cm³/mol. The maximum absolute atomic E-state index is 13.0. The van der Waals surface area contributed by atoms with E-state index in [2.05, 4.69) is 44.3 Å². The molecule has 0 radical (unpaired) electrons. The lowest BCUT2D eigenvalue weighted by Gasteiger charge is -2.39. The van der Waals surface area contributed by atoms with Crippen molar-refractivity contribution in [2.75, 3.05) is 31.5 Å². The van der Waals surface area contributed by atoms with Gasteiger partial charge < -0.3 is 14.8 Å². The molecule has 0 unspecified atom stereocenters. The molecule has 2 amide bonds. The molecule has 0 spiro atoms. The summed E-state index contributed by atoms with van der Waals surface area (Å²) in [4.78, 5) is 29.9. The van der Waals surface area contributed by atoms with Crippen LogP contribution in [0, 0.1) is 6.57 Å². The standard InChI is InChI=1S/C31H28ClN7O/c1-33-24-6-8-25(9-7-24)36-31(40)39-14-12-38(13-15-39)30-27-10-5-23(32)18-28(27)22(17-26-19-34-20-37(26)2)16-21-4-3-11-35-29(21)30/h3-11,16,18-20,30H,12-15,17H2,2H3,(H,36,40)/t30-/m0/s1. The van der Waals surface area contributed by atoms with Crippen molar-refractivity contribution in [1.29, 1.82) is 0 Å². The van der Waals surface area contributed by atoms with E-state index >= 15 is 0 Å². The van der Waals surface area contributed by atoms with Crippen LogP contribution in [0.25, 0.3) is 16.5 Å². The number of nitrogens with one attached hydrogen (secondary N) is 1. The van der Waals surface area contributed by atoms with E-state index in [0.717, 1.165) is 34.5 Å². The van der Waals surface area contributed by atoms with Gasteiger partial charge in [-0.1, -0.05) is 35.9 Å². The first-order chi connectivity index (χ1) is 19.5. The molecule has 40 heavy (non-hydrogen) atoms. The Morgan fingerprint density at radius 2 is 1.93 bits per heavy atom. The maximum atomic E-state index is 13.0. The van der Waals surface area contributed by atoms with Crippen molar-refractivity contribution >= 4 is 40.7 Å². The highest BCUT2D eigenvalue weighted by Crippen LogP contribution is 2.41. The zero-order valence-corrected chi connectivity index (χ0v) is 22.8. The Hall–Kier alpha value is -4.45. The van der Waals surface area contributed by atoms with Crippen LogP contribution in [0.4, 0.5) is 16.2 Å². The highest BCUT2D eigenvalue weighted by atomic mass is 35.5. The van der Waals surface area contributed by atoms with Crippen LogP contribution in [0.5, 0.6) is 0 Å². The highest BCUT2D eigenvalue weighted by molar-refractivity contribution is 6.30. The fraction of sp³-hybridized carbons (Fsp3) is 0.226. The number of urea groups is 1. The Kier molecular flexibility index (Phi) is 7.08. The number of imidazole rings is 1. The van der Waals surface area contributed by atoms with Gasteiger partial charge in [0.15, 0.2) is 5.69 Å². The number of carbonyl (C=O) groups is 1. The van der Waals surface area contributed by atoms with Crippen LogP contribution in [-0.4, -0.2) is 56.5 Å². The molecule has 0 saturated carbocycles. The molecule has 200 valence electrons. The second-order valence-corrected chi connectivity index (χ2v) is 10.5. The second kappa shape index (κ2) is 11.0. The van der Waals surface area contributed by atoms with Gasteiger partial charge in [0.1, 0.15) is 0 Å². The van der Waals surface area contributed by atoms with E-state index in [1.165, 1.54) is 5.57 Å². The van der Waals surface area contributed by atoms with Gasteiger partial charge in [0.05, 0.1) is 24.6 Å². The fourth-order valence-electron chi connectivity index (χ4n) is 5.51. The molecule has 3 heterocycles. The van der Waals surface area contributed by atoms with E-state index in [1.807, 2.05) is 47.4 Å². The van der Waals surface area contributed by atoms with Gasteiger partial charge in [0.25, 0.3) is 0 Å². The van der Waals surface area contributed by atoms with Crippen LogP contribution in [0.1, 0.15) is 34.1 Å². The molecule has 1 saturated heterocycles. The Morgan fingerprint density at radius 1 is 1.12 bits per heavy atom. The molecule has 2 aliphatic rings. The molecule has 6 rings (SSSR count). The topological polar surface area (TPSA) is 70.7 Å². The van der Waals surface area contributed by atoms with Crippen molar-refractivity contribution in [2.24, 2.45) is 7.05 Å². The van der Waals surface area contributed by atoms with Crippen LogP contribution < -0.4 is 5.32 Å². The normalized spacial score (nSPS) is 16.8. The van der Waals surface area contributed by atoms with Gasteiger partial charge in [-0.15, -0.1) is 0 Å². The summed E-state index contributed by atoms with van der Waals surface area (Å²) in [6.07, 6.45) is 8.52. The van der Waals surface area contributed by atoms with Gasteiger partial charge in [0, 0.05) is 68.4 Å². The summed E-state index contributed by atoms with van der Waals surface area (Å²) in [5.74, 6) is 0. The third-order valence-corrected chi connectivity index (χ3v) is 7.85. The molecule has 1 aliphatic heterocycles. The number of amides is 2. The number of carbonyl (C=O) groups excluding carboxylic acids is 1. The number of aryl methyl sites for hydroxylation is 1. The molecule has 9 heteroatoms. The van der Waals surface area contributed by atoms with Crippen LogP contribution >= 0.6 is 11.6 Å². The summed E-state index contributed by atoms with van der Waals surface area (Å²) >= 11 is 6.55. The van der Waals surface area contributed by atoms with Crippen LogP contribution in [0.3, 0.4) is 0 Å². The number of anilines is 1. The zero-order valence-electron chi connectivity index (χ0n) is 22.1. The average Bonchev–Trinajstić information content (AvgIpc) is 3.33. The van der Waals surface area contributed by atoms with Crippen LogP contribution in [-0.2, 0) is 13.5 Å². The molecule has 1 atom stereocenters. The number of halogens is 1. The molecule has 2 aromatic heterocycles. The minimum absolute atomic E-state index is 0.0740. The monoisotopic (exact) mass is 549 g/mol. The number of aromatic nitrogens is 3. The highest BCUT2D eigenvalue weighted by Gasteiger charge is 2.33. The molecular weight excluding hydrogens is 522 g/mol. The lowest BCUT2D eigenvalue weighted by molar-refractivity contribution is 0.125. The van der Waals surface area contributed by atoms with Crippen molar-refractivity contribution < 1.29 is 4.79 Å². The molecule has 1 fully saturated rings. The minimum atomic E-state index is -0.137. The maximum Gasteiger partial charge on any atom is 0.321 e. The largest absolute Gasteiger partial charge is 0.337 e. The van der Waals surface area contributed by atoms with Gasteiger partial charge >= 0.3 is 6.03 Å². The third kappa shape index (κ3) is 5.09. The third-order valence-electron chi connectivity index (χ3n) is 7.62. The Bertz CT molecular complexity index is 1630. The first-order valence-corrected chi connectivity index (χ1v) is 13.6. The molecule has 1 aliphatic carbocycles. The number of fused-ring (bicyclic) bond motifs is 2. The van der Waals surface area contributed by atoms with Gasteiger partial charge in [-0.05, 0) is 58.7 Å². The average molecular weight is 550 g/mol. The molecular formula is C31H28ClN7O. The number of piperazine rings is 1. The molecule has 2 aromatic carbocycles. The second-order valence-electron chi connectivity index (χ2n) is 10.1. The summed E-state index contributed by atoms with van der Waals surface area (Å²) in [5, 5.41) is 3.65. The zero-order chi connectivity index (χ0) is 27.6. The number of pyridine rings is 1. The quantitative estimate of drug-likeness (QED) is 0.314. The van der Waals surface area contributed by atoms with E-state index < -0.39 is 0 Å².